The average molecular weight is 417 g/mol. The molecule has 30 heavy (non-hydrogen) atoms. The number of amides is 1. The van der Waals surface area contributed by atoms with Crippen LogP contribution < -0.4 is 20.7 Å². The lowest BCUT2D eigenvalue weighted by atomic mass is 10.2. The van der Waals surface area contributed by atoms with Gasteiger partial charge in [-0.3, -0.25) is 4.99 Å². The van der Waals surface area contributed by atoms with Gasteiger partial charge in [-0.1, -0.05) is 12.1 Å². The van der Waals surface area contributed by atoms with Gasteiger partial charge in [-0.2, -0.15) is 0 Å². The van der Waals surface area contributed by atoms with Crippen molar-refractivity contribution in [1.82, 2.24) is 20.9 Å². The topological polar surface area (TPSA) is 96.9 Å². The summed E-state index contributed by atoms with van der Waals surface area (Å²) in [6.45, 7) is 6.80. The van der Waals surface area contributed by atoms with Crippen molar-refractivity contribution in [3.8, 4) is 11.6 Å². The molecule has 162 valence electrons. The molecule has 0 radical (unpaired) electrons. The molecule has 1 aromatic heterocycles. The van der Waals surface area contributed by atoms with Crippen molar-refractivity contribution in [3.05, 3.63) is 54.0 Å². The number of halogens is 1. The van der Waals surface area contributed by atoms with Crippen LogP contribution in [0.25, 0.3) is 0 Å². The summed E-state index contributed by atoms with van der Waals surface area (Å²) in [5.74, 6) is 0.979. The highest BCUT2D eigenvalue weighted by atomic mass is 19.1. The van der Waals surface area contributed by atoms with Crippen LogP contribution in [0.1, 0.15) is 26.3 Å². The number of carbonyl (C=O) groups is 1. The zero-order chi connectivity index (χ0) is 22.0. The largest absolute Gasteiger partial charge is 0.444 e. The van der Waals surface area contributed by atoms with Gasteiger partial charge in [0.15, 0.2) is 5.96 Å². The highest BCUT2D eigenvalue weighted by molar-refractivity contribution is 5.79. The zero-order valence-electron chi connectivity index (χ0n) is 17.7. The molecule has 0 spiro atoms. The van der Waals surface area contributed by atoms with Gasteiger partial charge in [0.1, 0.15) is 17.2 Å². The van der Waals surface area contributed by atoms with E-state index in [1.54, 1.807) is 31.4 Å². The van der Waals surface area contributed by atoms with E-state index in [9.17, 15) is 9.18 Å². The number of nitrogens with one attached hydrogen (secondary N) is 3. The minimum atomic E-state index is -0.527. The Kier molecular flexibility index (Phi) is 8.40. The number of ether oxygens (including phenoxy) is 2. The van der Waals surface area contributed by atoms with Crippen molar-refractivity contribution in [2.45, 2.75) is 32.9 Å². The minimum absolute atomic E-state index is 0.367. The van der Waals surface area contributed by atoms with E-state index in [0.717, 1.165) is 5.56 Å². The second-order valence-corrected chi connectivity index (χ2v) is 7.35. The Morgan fingerprint density at radius 3 is 2.53 bits per heavy atom. The molecule has 0 saturated carbocycles. The van der Waals surface area contributed by atoms with Crippen LogP contribution in [0.4, 0.5) is 9.18 Å². The molecule has 0 atom stereocenters. The number of pyridine rings is 1. The molecule has 1 aromatic carbocycles. The highest BCUT2D eigenvalue weighted by Crippen LogP contribution is 2.19. The quantitative estimate of drug-likeness (QED) is 0.364. The van der Waals surface area contributed by atoms with E-state index in [1.165, 1.54) is 12.1 Å². The van der Waals surface area contributed by atoms with Gasteiger partial charge >= 0.3 is 6.09 Å². The second kappa shape index (κ2) is 11.0. The van der Waals surface area contributed by atoms with E-state index in [2.05, 4.69) is 25.9 Å². The number of aromatic nitrogens is 1. The summed E-state index contributed by atoms with van der Waals surface area (Å²) in [6.07, 6.45) is 1.21. The number of hydrogen-bond acceptors (Lipinski definition) is 5. The first kappa shape index (κ1) is 22.9. The number of aliphatic imine (C=N–C) groups is 1. The van der Waals surface area contributed by atoms with Crippen molar-refractivity contribution < 1.29 is 18.7 Å². The number of rotatable bonds is 7. The number of benzene rings is 1. The van der Waals surface area contributed by atoms with Crippen LogP contribution in [0, 0.1) is 5.82 Å². The van der Waals surface area contributed by atoms with E-state index < -0.39 is 11.7 Å². The highest BCUT2D eigenvalue weighted by Gasteiger charge is 2.15. The SMILES string of the molecule is CN=C(NCCNC(=O)OC(C)(C)C)NCc1ccc(Oc2cccc(F)c2)nc1. The molecular weight excluding hydrogens is 389 g/mol. The molecule has 0 unspecified atom stereocenters. The molecule has 0 aliphatic rings. The van der Waals surface area contributed by atoms with Crippen molar-refractivity contribution in [3.63, 3.8) is 0 Å². The third-order valence-corrected chi connectivity index (χ3v) is 3.59. The van der Waals surface area contributed by atoms with Crippen molar-refractivity contribution in [2.75, 3.05) is 20.1 Å². The molecule has 2 aromatic rings. The summed E-state index contributed by atoms with van der Waals surface area (Å²) in [6, 6.07) is 9.45. The first-order chi connectivity index (χ1) is 14.2. The van der Waals surface area contributed by atoms with Gasteiger partial charge in [-0.15, -0.1) is 0 Å². The maximum Gasteiger partial charge on any atom is 0.407 e. The molecular formula is C21H28FN5O3. The molecule has 2 rings (SSSR count). The fourth-order valence-corrected chi connectivity index (χ4v) is 2.29. The molecule has 0 fully saturated rings. The number of hydrogen-bond donors (Lipinski definition) is 3. The van der Waals surface area contributed by atoms with E-state index in [4.69, 9.17) is 9.47 Å². The Hall–Kier alpha value is -3.36. The molecule has 0 aliphatic heterocycles. The monoisotopic (exact) mass is 417 g/mol. The third kappa shape index (κ3) is 8.76. The summed E-state index contributed by atoms with van der Waals surface area (Å²) in [4.78, 5) is 20.0. The van der Waals surface area contributed by atoms with Crippen LogP contribution in [0.2, 0.25) is 0 Å². The Morgan fingerprint density at radius 1 is 1.13 bits per heavy atom. The van der Waals surface area contributed by atoms with Gasteiger partial charge in [-0.05, 0) is 38.5 Å². The van der Waals surface area contributed by atoms with Gasteiger partial charge in [0.05, 0.1) is 0 Å². The number of carbonyl (C=O) groups excluding carboxylic acids is 1. The number of guanidine groups is 1. The Balaban J connectivity index is 1.72. The molecule has 0 bridgehead atoms. The third-order valence-electron chi connectivity index (χ3n) is 3.59. The van der Waals surface area contributed by atoms with Gasteiger partial charge in [0, 0.05) is 45.0 Å². The predicted octanol–water partition coefficient (Wildman–Crippen LogP) is 3.20. The molecule has 1 heterocycles. The maximum atomic E-state index is 13.2. The van der Waals surface area contributed by atoms with Gasteiger partial charge in [-0.25, -0.2) is 14.2 Å². The normalized spacial score (nSPS) is 11.6. The molecule has 1 amide bonds. The molecule has 0 aliphatic carbocycles. The summed E-state index contributed by atoms with van der Waals surface area (Å²) in [5.41, 5.74) is 0.387. The lowest BCUT2D eigenvalue weighted by Crippen LogP contribution is -2.42. The smallest absolute Gasteiger partial charge is 0.407 e. The van der Waals surface area contributed by atoms with Crippen molar-refractivity contribution >= 4 is 12.1 Å². The predicted molar refractivity (Wildman–Crippen MR) is 113 cm³/mol. The van der Waals surface area contributed by atoms with Crippen LogP contribution in [0.3, 0.4) is 0 Å². The van der Waals surface area contributed by atoms with Crippen LogP contribution in [-0.4, -0.2) is 42.8 Å². The maximum absolute atomic E-state index is 13.2. The molecule has 8 nitrogen and oxygen atoms in total. The lowest BCUT2D eigenvalue weighted by molar-refractivity contribution is 0.0529. The summed E-state index contributed by atoms with van der Waals surface area (Å²) in [7, 11) is 1.66. The summed E-state index contributed by atoms with van der Waals surface area (Å²) >= 11 is 0. The van der Waals surface area contributed by atoms with Crippen LogP contribution in [0.5, 0.6) is 11.6 Å². The van der Waals surface area contributed by atoms with Crippen LogP contribution >= 0.6 is 0 Å². The Labute approximate surface area is 175 Å². The zero-order valence-corrected chi connectivity index (χ0v) is 17.7. The van der Waals surface area contributed by atoms with E-state index in [-0.39, 0.29) is 5.82 Å². The van der Waals surface area contributed by atoms with E-state index in [1.807, 2.05) is 26.8 Å². The van der Waals surface area contributed by atoms with Gasteiger partial charge < -0.3 is 25.4 Å². The van der Waals surface area contributed by atoms with E-state index >= 15 is 0 Å². The van der Waals surface area contributed by atoms with Crippen LogP contribution in [0.15, 0.2) is 47.6 Å². The van der Waals surface area contributed by atoms with Crippen molar-refractivity contribution in [1.29, 1.82) is 0 Å². The average Bonchev–Trinajstić information content (AvgIpc) is 2.67. The minimum Gasteiger partial charge on any atom is -0.444 e. The first-order valence-electron chi connectivity index (χ1n) is 9.55. The van der Waals surface area contributed by atoms with Crippen molar-refractivity contribution in [2.24, 2.45) is 4.99 Å². The number of nitrogens with zero attached hydrogens (tertiary/aromatic N) is 2. The molecule has 0 saturated heterocycles. The fraction of sp³-hybridized carbons (Fsp3) is 0.381. The number of alkyl carbamates (subject to hydrolysis) is 1. The van der Waals surface area contributed by atoms with Gasteiger partial charge in [0.2, 0.25) is 5.88 Å². The lowest BCUT2D eigenvalue weighted by Gasteiger charge is -2.19. The first-order valence-corrected chi connectivity index (χ1v) is 9.55. The molecule has 9 heteroatoms. The summed E-state index contributed by atoms with van der Waals surface area (Å²) < 4.78 is 23.9. The Morgan fingerprint density at radius 2 is 1.90 bits per heavy atom. The second-order valence-electron chi connectivity index (χ2n) is 7.35. The van der Waals surface area contributed by atoms with Gasteiger partial charge in [0.25, 0.3) is 0 Å². The van der Waals surface area contributed by atoms with E-state index in [0.29, 0.717) is 37.2 Å². The standard InChI is InChI=1S/C21H28FN5O3/c1-21(2,3)30-20(28)25-11-10-24-19(23-4)27-14-15-8-9-18(26-13-15)29-17-7-5-6-16(22)12-17/h5-9,12-13H,10-11,14H2,1-4H3,(H,25,28)(H2,23,24,27). The Bertz CT molecular complexity index is 850. The van der Waals surface area contributed by atoms with Crippen LogP contribution in [-0.2, 0) is 11.3 Å². The summed E-state index contributed by atoms with van der Waals surface area (Å²) in [5, 5.41) is 8.92. The molecule has 3 N–H and O–H groups in total. The fourth-order valence-electron chi connectivity index (χ4n) is 2.29.